The van der Waals surface area contributed by atoms with Crippen molar-refractivity contribution in [3.63, 3.8) is 0 Å². The summed E-state index contributed by atoms with van der Waals surface area (Å²) in [7, 11) is 2.88. The van der Waals surface area contributed by atoms with Gasteiger partial charge < -0.3 is 31.2 Å². The van der Waals surface area contributed by atoms with Gasteiger partial charge in [-0.25, -0.2) is 0 Å². The van der Waals surface area contributed by atoms with Crippen LogP contribution in [0.1, 0.15) is 11.1 Å². The van der Waals surface area contributed by atoms with Gasteiger partial charge in [-0.2, -0.15) is 10.2 Å². The maximum Gasteiger partial charge on any atom is 0.190 e. The number of para-hydroxylation sites is 2. The SMILES string of the molecule is COc1cccc(\C=N/N=C(N)/C(N)=N\N=C/c2cccc(OC)c2O)c1O. The zero-order chi connectivity index (χ0) is 20.5. The first-order valence-corrected chi connectivity index (χ1v) is 7.93. The minimum Gasteiger partial charge on any atom is -0.504 e. The van der Waals surface area contributed by atoms with E-state index < -0.39 is 0 Å². The number of phenolic OH excluding ortho intramolecular Hbond substituents is 2. The molecule has 10 heteroatoms. The van der Waals surface area contributed by atoms with Crippen molar-refractivity contribution < 1.29 is 19.7 Å². The molecular formula is C18H20N6O4. The molecule has 0 fully saturated rings. The topological polar surface area (TPSA) is 160 Å². The number of rotatable bonds is 6. The molecule has 2 aromatic carbocycles. The molecule has 0 aliphatic rings. The normalized spacial score (nSPS) is 12.6. The summed E-state index contributed by atoms with van der Waals surface area (Å²) < 4.78 is 10.0. The van der Waals surface area contributed by atoms with E-state index in [0.29, 0.717) is 22.6 Å². The predicted octanol–water partition coefficient (Wildman–Crippen LogP) is 1.20. The van der Waals surface area contributed by atoms with Crippen LogP contribution in [0.15, 0.2) is 56.8 Å². The van der Waals surface area contributed by atoms with Crippen LogP contribution < -0.4 is 20.9 Å². The van der Waals surface area contributed by atoms with E-state index in [0.717, 1.165) is 0 Å². The fourth-order valence-corrected chi connectivity index (χ4v) is 2.03. The first kappa shape index (κ1) is 20.2. The second-order valence-corrected chi connectivity index (χ2v) is 5.26. The molecule has 2 rings (SSSR count). The Hall–Kier alpha value is -4.08. The number of aromatic hydroxyl groups is 2. The summed E-state index contributed by atoms with van der Waals surface area (Å²) in [6, 6.07) is 9.82. The number of amidine groups is 2. The molecule has 28 heavy (non-hydrogen) atoms. The van der Waals surface area contributed by atoms with Gasteiger partial charge in [0, 0.05) is 11.1 Å². The van der Waals surface area contributed by atoms with Crippen LogP contribution in [0, 0.1) is 0 Å². The second kappa shape index (κ2) is 9.57. The van der Waals surface area contributed by atoms with E-state index in [1.54, 1.807) is 36.4 Å². The van der Waals surface area contributed by atoms with Crippen molar-refractivity contribution in [2.24, 2.45) is 31.9 Å². The summed E-state index contributed by atoms with van der Waals surface area (Å²) in [5.41, 5.74) is 12.1. The second-order valence-electron chi connectivity index (χ2n) is 5.26. The lowest BCUT2D eigenvalue weighted by Gasteiger charge is -2.04. The van der Waals surface area contributed by atoms with Crippen LogP contribution in [0.3, 0.4) is 0 Å². The van der Waals surface area contributed by atoms with Crippen LogP contribution in [-0.2, 0) is 0 Å². The summed E-state index contributed by atoms with van der Waals surface area (Å²) in [5, 5.41) is 34.8. The number of methoxy groups -OCH3 is 2. The minimum atomic E-state index is -0.175. The molecule has 0 aromatic heterocycles. The Morgan fingerprint density at radius 3 is 1.54 bits per heavy atom. The quantitative estimate of drug-likeness (QED) is 0.332. The highest BCUT2D eigenvalue weighted by molar-refractivity contribution is 6.39. The van der Waals surface area contributed by atoms with Crippen LogP contribution in [-0.4, -0.2) is 48.5 Å². The molecule has 0 heterocycles. The first-order chi connectivity index (χ1) is 13.5. The van der Waals surface area contributed by atoms with E-state index >= 15 is 0 Å². The molecule has 0 spiro atoms. The van der Waals surface area contributed by atoms with Gasteiger partial charge >= 0.3 is 0 Å². The maximum absolute atomic E-state index is 9.95. The summed E-state index contributed by atoms with van der Waals surface area (Å²) in [4.78, 5) is 0. The molecule has 10 nitrogen and oxygen atoms in total. The largest absolute Gasteiger partial charge is 0.504 e. The molecule has 0 bridgehead atoms. The lowest BCUT2D eigenvalue weighted by Crippen LogP contribution is -2.30. The number of nitrogens with two attached hydrogens (primary N) is 2. The van der Waals surface area contributed by atoms with Crippen molar-refractivity contribution in [2.45, 2.75) is 0 Å². The van der Waals surface area contributed by atoms with E-state index in [2.05, 4.69) is 20.4 Å². The highest BCUT2D eigenvalue weighted by Gasteiger charge is 2.06. The minimum absolute atomic E-state index is 0.0770. The predicted molar refractivity (Wildman–Crippen MR) is 108 cm³/mol. The summed E-state index contributed by atoms with van der Waals surface area (Å²) in [6.45, 7) is 0. The monoisotopic (exact) mass is 384 g/mol. The smallest absolute Gasteiger partial charge is 0.190 e. The maximum atomic E-state index is 9.95. The number of benzene rings is 2. The van der Waals surface area contributed by atoms with Crippen molar-refractivity contribution in [3.8, 4) is 23.0 Å². The van der Waals surface area contributed by atoms with Crippen molar-refractivity contribution in [1.29, 1.82) is 0 Å². The number of ether oxygens (including phenoxy) is 2. The van der Waals surface area contributed by atoms with Crippen LogP contribution >= 0.6 is 0 Å². The molecule has 0 unspecified atom stereocenters. The average Bonchev–Trinajstić information content (AvgIpc) is 2.70. The molecule has 0 atom stereocenters. The van der Waals surface area contributed by atoms with Crippen molar-refractivity contribution in [1.82, 2.24) is 0 Å². The molecular weight excluding hydrogens is 364 g/mol. The number of phenols is 2. The van der Waals surface area contributed by atoms with E-state index in [9.17, 15) is 10.2 Å². The van der Waals surface area contributed by atoms with Crippen molar-refractivity contribution in [2.75, 3.05) is 14.2 Å². The number of nitrogens with zero attached hydrogens (tertiary/aromatic N) is 4. The van der Waals surface area contributed by atoms with E-state index in [1.807, 2.05) is 0 Å². The number of hydrogen-bond acceptors (Lipinski definition) is 8. The standard InChI is InChI=1S/C18H20N6O4/c1-27-13-7-3-5-11(15(13)25)9-21-23-17(19)18(20)24-22-10-12-6-4-8-14(28-2)16(12)26/h3-10,25-26H,1-2H3,(H2,19,23)(H2,20,24)/b21-9-,22-10-. The molecule has 146 valence electrons. The van der Waals surface area contributed by atoms with Gasteiger partial charge in [0.05, 0.1) is 26.6 Å². The Labute approximate surface area is 161 Å². The van der Waals surface area contributed by atoms with Gasteiger partial charge in [0.2, 0.25) is 0 Å². The van der Waals surface area contributed by atoms with Gasteiger partial charge in [0.1, 0.15) is 0 Å². The molecule has 6 N–H and O–H groups in total. The van der Waals surface area contributed by atoms with Crippen LogP contribution in [0.5, 0.6) is 23.0 Å². The lowest BCUT2D eigenvalue weighted by molar-refractivity contribution is 0.373. The third-order valence-electron chi connectivity index (χ3n) is 3.49. The molecule has 0 aliphatic heterocycles. The highest BCUT2D eigenvalue weighted by atomic mass is 16.5. The van der Waals surface area contributed by atoms with Gasteiger partial charge in [0.15, 0.2) is 34.7 Å². The Balaban J connectivity index is 2.10. The molecule has 0 saturated heterocycles. The molecule has 0 aliphatic carbocycles. The van der Waals surface area contributed by atoms with Crippen LogP contribution in [0.25, 0.3) is 0 Å². The van der Waals surface area contributed by atoms with Gasteiger partial charge in [0.25, 0.3) is 0 Å². The lowest BCUT2D eigenvalue weighted by atomic mass is 10.2. The van der Waals surface area contributed by atoms with Crippen molar-refractivity contribution >= 4 is 24.1 Å². The van der Waals surface area contributed by atoms with Crippen LogP contribution in [0.4, 0.5) is 0 Å². The fourth-order valence-electron chi connectivity index (χ4n) is 2.03. The molecule has 0 saturated carbocycles. The van der Waals surface area contributed by atoms with Crippen LogP contribution in [0.2, 0.25) is 0 Å². The van der Waals surface area contributed by atoms with E-state index in [-0.39, 0.29) is 23.2 Å². The van der Waals surface area contributed by atoms with Gasteiger partial charge in [-0.15, -0.1) is 10.2 Å². The highest BCUT2D eigenvalue weighted by Crippen LogP contribution is 2.28. The Bertz CT molecular complexity index is 876. The van der Waals surface area contributed by atoms with Crippen molar-refractivity contribution in [3.05, 3.63) is 47.5 Å². The van der Waals surface area contributed by atoms with Gasteiger partial charge in [-0.1, -0.05) is 12.1 Å². The van der Waals surface area contributed by atoms with Gasteiger partial charge in [-0.05, 0) is 24.3 Å². The van der Waals surface area contributed by atoms with E-state index in [1.165, 1.54) is 26.6 Å². The zero-order valence-electron chi connectivity index (χ0n) is 15.3. The Morgan fingerprint density at radius 2 is 1.18 bits per heavy atom. The summed E-state index contributed by atoms with van der Waals surface area (Å²) in [6.07, 6.45) is 2.57. The summed E-state index contributed by atoms with van der Waals surface area (Å²) in [5.74, 6) is 0.101. The third kappa shape index (κ3) is 4.97. The molecule has 0 amide bonds. The summed E-state index contributed by atoms with van der Waals surface area (Å²) >= 11 is 0. The Morgan fingerprint density at radius 1 is 0.786 bits per heavy atom. The first-order valence-electron chi connectivity index (χ1n) is 7.93. The average molecular weight is 384 g/mol. The Kier molecular flexibility index (Phi) is 6.92. The zero-order valence-corrected chi connectivity index (χ0v) is 15.3. The third-order valence-corrected chi connectivity index (χ3v) is 3.49. The van der Waals surface area contributed by atoms with E-state index in [4.69, 9.17) is 20.9 Å². The molecule has 0 radical (unpaired) electrons. The molecule has 2 aromatic rings. The van der Waals surface area contributed by atoms with Gasteiger partial charge in [-0.3, -0.25) is 0 Å². The fraction of sp³-hybridized carbons (Fsp3) is 0.111. The number of hydrogen-bond donors (Lipinski definition) is 4.